The maximum absolute atomic E-state index is 12.5. The van der Waals surface area contributed by atoms with E-state index in [-0.39, 0.29) is 5.03 Å². The van der Waals surface area contributed by atoms with Crippen LogP contribution in [0.1, 0.15) is 11.1 Å². The number of pyridine rings is 1. The summed E-state index contributed by atoms with van der Waals surface area (Å²) in [5.41, 5.74) is 2.71. The minimum Gasteiger partial charge on any atom is -0.386 e. The number of benzene rings is 1. The maximum atomic E-state index is 12.5. The van der Waals surface area contributed by atoms with Crippen molar-refractivity contribution in [3.8, 4) is 0 Å². The fraction of sp³-hybridized carbons (Fsp3) is 0.214. The first-order valence-corrected chi connectivity index (χ1v) is 8.55. The van der Waals surface area contributed by atoms with E-state index in [9.17, 15) is 8.42 Å². The van der Waals surface area contributed by atoms with E-state index < -0.39 is 10.0 Å². The number of nitrogens with zero attached hydrogens (tertiary/aromatic N) is 1. The topological polar surface area (TPSA) is 71.1 Å². The molecule has 0 unspecified atom stereocenters. The van der Waals surface area contributed by atoms with E-state index in [4.69, 9.17) is 0 Å². The first kappa shape index (κ1) is 15.8. The molecule has 2 N–H and O–H groups in total. The second-order valence-electron chi connectivity index (χ2n) is 4.63. The van der Waals surface area contributed by atoms with Crippen molar-refractivity contribution in [1.29, 1.82) is 0 Å². The minimum absolute atomic E-state index is 0.0192. The Morgan fingerprint density at radius 2 is 1.81 bits per heavy atom. The van der Waals surface area contributed by atoms with Crippen LogP contribution in [0.5, 0.6) is 0 Å². The van der Waals surface area contributed by atoms with E-state index in [2.05, 4.69) is 31.0 Å². The Labute approximate surface area is 133 Å². The van der Waals surface area contributed by atoms with E-state index >= 15 is 0 Å². The van der Waals surface area contributed by atoms with Gasteiger partial charge in [0.15, 0.2) is 5.03 Å². The van der Waals surface area contributed by atoms with Crippen LogP contribution in [0.4, 0.5) is 11.4 Å². The SMILES string of the molecule is CNc1cccnc1S(=O)(=O)Nc1c(C)cc(Br)cc1C. The standard InChI is InChI=1S/C14H16BrN3O2S/c1-9-7-11(15)8-10(2)13(9)18-21(19,20)14-12(16-3)5-4-6-17-14/h4-8,16,18H,1-3H3. The summed E-state index contributed by atoms with van der Waals surface area (Å²) in [6.45, 7) is 3.71. The number of sulfonamides is 1. The first-order valence-electron chi connectivity index (χ1n) is 6.27. The van der Waals surface area contributed by atoms with Crippen LogP contribution in [0, 0.1) is 13.8 Å². The highest BCUT2D eigenvalue weighted by molar-refractivity contribution is 9.10. The summed E-state index contributed by atoms with van der Waals surface area (Å²) in [6, 6.07) is 7.08. The minimum atomic E-state index is -3.75. The summed E-state index contributed by atoms with van der Waals surface area (Å²) < 4.78 is 28.6. The number of aryl methyl sites for hydroxylation is 2. The Kier molecular flexibility index (Phi) is 4.53. The van der Waals surface area contributed by atoms with Crippen LogP contribution in [-0.2, 0) is 10.0 Å². The summed E-state index contributed by atoms with van der Waals surface area (Å²) in [6.07, 6.45) is 1.46. The van der Waals surface area contributed by atoms with Gasteiger partial charge in [-0.05, 0) is 49.2 Å². The summed E-state index contributed by atoms with van der Waals surface area (Å²) in [5, 5.41) is 2.82. The lowest BCUT2D eigenvalue weighted by Crippen LogP contribution is -2.17. The number of halogens is 1. The van der Waals surface area contributed by atoms with Gasteiger partial charge in [0.1, 0.15) is 0 Å². The molecule has 1 aromatic heterocycles. The predicted molar refractivity (Wildman–Crippen MR) is 88.2 cm³/mol. The Morgan fingerprint density at radius 3 is 2.38 bits per heavy atom. The molecule has 2 aromatic rings. The summed E-state index contributed by atoms with van der Waals surface area (Å²) >= 11 is 3.39. The average Bonchev–Trinajstić information content (AvgIpc) is 2.43. The van der Waals surface area contributed by atoms with Gasteiger partial charge in [0.05, 0.1) is 11.4 Å². The lowest BCUT2D eigenvalue weighted by Gasteiger charge is -2.15. The molecule has 5 nitrogen and oxygen atoms in total. The zero-order chi connectivity index (χ0) is 15.6. The van der Waals surface area contributed by atoms with Crippen molar-refractivity contribution in [2.75, 3.05) is 17.1 Å². The highest BCUT2D eigenvalue weighted by Crippen LogP contribution is 2.28. The molecule has 0 aliphatic carbocycles. The fourth-order valence-electron chi connectivity index (χ4n) is 2.05. The molecule has 0 atom stereocenters. The van der Waals surface area contributed by atoms with Crippen molar-refractivity contribution in [2.45, 2.75) is 18.9 Å². The second-order valence-corrected chi connectivity index (χ2v) is 7.14. The quantitative estimate of drug-likeness (QED) is 0.866. The van der Waals surface area contributed by atoms with Gasteiger partial charge in [0.25, 0.3) is 10.0 Å². The van der Waals surface area contributed by atoms with E-state index in [1.807, 2.05) is 26.0 Å². The third-order valence-corrected chi connectivity index (χ3v) is 4.79. The lowest BCUT2D eigenvalue weighted by atomic mass is 10.1. The highest BCUT2D eigenvalue weighted by atomic mass is 79.9. The second kappa shape index (κ2) is 6.03. The van der Waals surface area contributed by atoms with Crippen molar-refractivity contribution in [2.24, 2.45) is 0 Å². The van der Waals surface area contributed by atoms with Gasteiger partial charge in [-0.2, -0.15) is 8.42 Å². The van der Waals surface area contributed by atoms with Gasteiger partial charge in [-0.25, -0.2) is 4.98 Å². The molecular formula is C14H16BrN3O2S. The van der Waals surface area contributed by atoms with E-state index in [0.29, 0.717) is 11.4 Å². The monoisotopic (exact) mass is 369 g/mol. The van der Waals surface area contributed by atoms with Crippen molar-refractivity contribution >= 4 is 37.3 Å². The molecule has 0 saturated heterocycles. The van der Waals surface area contributed by atoms with Gasteiger partial charge in [-0.15, -0.1) is 0 Å². The van der Waals surface area contributed by atoms with Gasteiger partial charge < -0.3 is 5.32 Å². The maximum Gasteiger partial charge on any atom is 0.281 e. The zero-order valence-electron chi connectivity index (χ0n) is 11.9. The van der Waals surface area contributed by atoms with Crippen LogP contribution in [0.25, 0.3) is 0 Å². The van der Waals surface area contributed by atoms with Gasteiger partial charge >= 0.3 is 0 Å². The molecule has 0 aliphatic rings. The summed E-state index contributed by atoms with van der Waals surface area (Å²) in [7, 11) is -2.09. The highest BCUT2D eigenvalue weighted by Gasteiger charge is 2.21. The van der Waals surface area contributed by atoms with Gasteiger partial charge in [-0.3, -0.25) is 4.72 Å². The first-order chi connectivity index (χ1) is 9.85. The molecule has 7 heteroatoms. The molecule has 0 spiro atoms. The normalized spacial score (nSPS) is 11.2. The third kappa shape index (κ3) is 3.36. The number of nitrogens with one attached hydrogen (secondary N) is 2. The van der Waals surface area contributed by atoms with Gasteiger partial charge in [0.2, 0.25) is 0 Å². The molecule has 2 rings (SSSR count). The van der Waals surface area contributed by atoms with E-state index in [1.165, 1.54) is 6.20 Å². The molecule has 0 amide bonds. The van der Waals surface area contributed by atoms with Crippen LogP contribution in [0.2, 0.25) is 0 Å². The Hall–Kier alpha value is -1.60. The van der Waals surface area contributed by atoms with Crippen molar-refractivity contribution < 1.29 is 8.42 Å². The molecule has 0 bridgehead atoms. The third-order valence-electron chi connectivity index (χ3n) is 3.03. The fourth-order valence-corrected chi connectivity index (χ4v) is 4.08. The largest absolute Gasteiger partial charge is 0.386 e. The van der Waals surface area contributed by atoms with Crippen LogP contribution >= 0.6 is 15.9 Å². The number of aromatic nitrogens is 1. The van der Waals surface area contributed by atoms with Crippen LogP contribution in [0.3, 0.4) is 0 Å². The molecule has 112 valence electrons. The molecule has 21 heavy (non-hydrogen) atoms. The van der Waals surface area contributed by atoms with Crippen LogP contribution in [0.15, 0.2) is 40.0 Å². The zero-order valence-corrected chi connectivity index (χ0v) is 14.3. The summed E-state index contributed by atoms with van der Waals surface area (Å²) in [5.74, 6) is 0. The Bertz CT molecular complexity index is 753. The molecule has 1 heterocycles. The molecule has 0 radical (unpaired) electrons. The molecular weight excluding hydrogens is 354 g/mol. The summed E-state index contributed by atoms with van der Waals surface area (Å²) in [4.78, 5) is 3.97. The van der Waals surface area contributed by atoms with E-state index in [0.717, 1.165) is 15.6 Å². The Balaban J connectivity index is 2.48. The average molecular weight is 370 g/mol. The van der Waals surface area contributed by atoms with Crippen LogP contribution in [-0.4, -0.2) is 20.4 Å². The molecule has 0 fully saturated rings. The Morgan fingerprint density at radius 1 is 1.19 bits per heavy atom. The number of anilines is 2. The smallest absolute Gasteiger partial charge is 0.281 e. The van der Waals surface area contributed by atoms with Gasteiger partial charge in [-0.1, -0.05) is 15.9 Å². The lowest BCUT2D eigenvalue weighted by molar-refractivity contribution is 0.598. The number of hydrogen-bond acceptors (Lipinski definition) is 4. The predicted octanol–water partition coefficient (Wildman–Crippen LogP) is 3.30. The molecule has 0 saturated carbocycles. The van der Waals surface area contributed by atoms with Crippen molar-refractivity contribution in [1.82, 2.24) is 4.98 Å². The number of rotatable bonds is 4. The van der Waals surface area contributed by atoms with Crippen molar-refractivity contribution in [3.63, 3.8) is 0 Å². The molecule has 1 aromatic carbocycles. The van der Waals surface area contributed by atoms with Crippen molar-refractivity contribution in [3.05, 3.63) is 46.1 Å². The number of hydrogen-bond donors (Lipinski definition) is 2. The van der Waals surface area contributed by atoms with E-state index in [1.54, 1.807) is 19.2 Å². The van der Waals surface area contributed by atoms with Gasteiger partial charge in [0, 0.05) is 17.7 Å². The molecule has 0 aliphatic heterocycles. The van der Waals surface area contributed by atoms with Crippen LogP contribution < -0.4 is 10.0 Å².